The minimum absolute atomic E-state index is 0.153. The molecule has 22 heavy (non-hydrogen) atoms. The Balaban J connectivity index is 1.53. The SMILES string of the molecule is CCc1noc(CCC(=O)N2CCC[C@H](c3ccn[nH]3)C2)n1. The van der Waals surface area contributed by atoms with Crippen molar-refractivity contribution in [2.75, 3.05) is 13.1 Å². The maximum Gasteiger partial charge on any atom is 0.227 e. The predicted molar refractivity (Wildman–Crippen MR) is 79.1 cm³/mol. The molecule has 0 saturated carbocycles. The third kappa shape index (κ3) is 3.35. The van der Waals surface area contributed by atoms with Gasteiger partial charge in [-0.1, -0.05) is 12.1 Å². The summed E-state index contributed by atoms with van der Waals surface area (Å²) in [6, 6.07) is 1.99. The highest BCUT2D eigenvalue weighted by Crippen LogP contribution is 2.25. The van der Waals surface area contributed by atoms with Crippen LogP contribution in [-0.4, -0.2) is 44.2 Å². The van der Waals surface area contributed by atoms with Gasteiger partial charge in [-0.2, -0.15) is 10.1 Å². The van der Waals surface area contributed by atoms with Crippen molar-refractivity contribution in [1.82, 2.24) is 25.2 Å². The zero-order chi connectivity index (χ0) is 15.4. The van der Waals surface area contributed by atoms with Crippen molar-refractivity contribution in [2.24, 2.45) is 0 Å². The van der Waals surface area contributed by atoms with E-state index in [1.165, 1.54) is 0 Å². The van der Waals surface area contributed by atoms with Crippen LogP contribution in [0.5, 0.6) is 0 Å². The van der Waals surface area contributed by atoms with Crippen molar-refractivity contribution >= 4 is 5.91 Å². The fraction of sp³-hybridized carbons (Fsp3) is 0.600. The van der Waals surface area contributed by atoms with E-state index in [0.29, 0.717) is 30.5 Å². The monoisotopic (exact) mass is 303 g/mol. The van der Waals surface area contributed by atoms with E-state index in [2.05, 4.69) is 20.3 Å². The summed E-state index contributed by atoms with van der Waals surface area (Å²) in [5.74, 6) is 1.75. The molecule has 1 N–H and O–H groups in total. The Morgan fingerprint density at radius 3 is 3.18 bits per heavy atom. The second-order valence-electron chi connectivity index (χ2n) is 5.65. The summed E-state index contributed by atoms with van der Waals surface area (Å²) in [5, 5.41) is 10.9. The highest BCUT2D eigenvalue weighted by Gasteiger charge is 2.25. The molecule has 3 rings (SSSR count). The summed E-state index contributed by atoms with van der Waals surface area (Å²) in [6.07, 6.45) is 5.55. The lowest BCUT2D eigenvalue weighted by Crippen LogP contribution is -2.39. The molecule has 1 fully saturated rings. The van der Waals surface area contributed by atoms with Gasteiger partial charge in [-0.05, 0) is 18.9 Å². The molecule has 7 nitrogen and oxygen atoms in total. The summed E-state index contributed by atoms with van der Waals surface area (Å²) in [5.41, 5.74) is 1.11. The largest absolute Gasteiger partial charge is 0.342 e. The standard InChI is InChI=1S/C15H21N5O2/c1-2-13-17-14(22-19-13)5-6-15(21)20-9-3-4-11(10-20)12-7-8-16-18-12/h7-8,11H,2-6,9-10H2,1H3,(H,16,18)/t11-/m0/s1. The van der Waals surface area contributed by atoms with Crippen LogP contribution in [0, 0.1) is 0 Å². The number of H-pyrrole nitrogens is 1. The van der Waals surface area contributed by atoms with E-state index in [1.54, 1.807) is 6.20 Å². The molecular formula is C15H21N5O2. The molecule has 0 bridgehead atoms. The molecule has 1 saturated heterocycles. The number of rotatable bonds is 5. The molecule has 3 heterocycles. The van der Waals surface area contributed by atoms with E-state index >= 15 is 0 Å². The van der Waals surface area contributed by atoms with Crippen LogP contribution >= 0.6 is 0 Å². The molecule has 1 aliphatic heterocycles. The van der Waals surface area contributed by atoms with Crippen LogP contribution in [0.1, 0.15) is 49.5 Å². The van der Waals surface area contributed by atoms with Crippen molar-refractivity contribution in [3.8, 4) is 0 Å². The summed E-state index contributed by atoms with van der Waals surface area (Å²) >= 11 is 0. The average Bonchev–Trinajstić information content (AvgIpc) is 3.24. The molecule has 1 aliphatic rings. The molecule has 2 aromatic heterocycles. The predicted octanol–water partition coefficient (Wildman–Crippen LogP) is 1.69. The zero-order valence-electron chi connectivity index (χ0n) is 12.8. The average molecular weight is 303 g/mol. The first-order valence-electron chi connectivity index (χ1n) is 7.84. The summed E-state index contributed by atoms with van der Waals surface area (Å²) in [7, 11) is 0. The molecule has 2 aromatic rings. The number of amides is 1. The lowest BCUT2D eigenvalue weighted by Gasteiger charge is -2.32. The van der Waals surface area contributed by atoms with Crippen LogP contribution in [0.15, 0.2) is 16.8 Å². The van der Waals surface area contributed by atoms with Gasteiger partial charge in [0.25, 0.3) is 0 Å². The number of piperidine rings is 1. The Morgan fingerprint density at radius 1 is 1.55 bits per heavy atom. The zero-order valence-corrected chi connectivity index (χ0v) is 12.8. The third-order valence-corrected chi connectivity index (χ3v) is 4.12. The van der Waals surface area contributed by atoms with E-state index < -0.39 is 0 Å². The first-order chi connectivity index (χ1) is 10.8. The van der Waals surface area contributed by atoms with Crippen molar-refractivity contribution in [1.29, 1.82) is 0 Å². The normalized spacial score (nSPS) is 18.6. The maximum atomic E-state index is 12.4. The number of carbonyl (C=O) groups is 1. The van der Waals surface area contributed by atoms with Gasteiger partial charge in [-0.25, -0.2) is 0 Å². The van der Waals surface area contributed by atoms with E-state index in [9.17, 15) is 4.79 Å². The molecule has 1 amide bonds. The van der Waals surface area contributed by atoms with Crippen molar-refractivity contribution < 1.29 is 9.32 Å². The third-order valence-electron chi connectivity index (χ3n) is 4.12. The molecule has 0 radical (unpaired) electrons. The van der Waals surface area contributed by atoms with E-state index in [1.807, 2.05) is 17.9 Å². The number of carbonyl (C=O) groups excluding carboxylic acids is 1. The van der Waals surface area contributed by atoms with Crippen LogP contribution < -0.4 is 0 Å². The molecule has 0 aliphatic carbocycles. The minimum atomic E-state index is 0.153. The quantitative estimate of drug-likeness (QED) is 0.908. The molecule has 0 aromatic carbocycles. The van der Waals surface area contributed by atoms with E-state index in [0.717, 1.165) is 38.0 Å². The number of aromatic nitrogens is 4. The Morgan fingerprint density at radius 2 is 2.45 bits per heavy atom. The summed E-state index contributed by atoms with van der Waals surface area (Å²) < 4.78 is 5.13. The number of likely N-dealkylation sites (tertiary alicyclic amines) is 1. The molecule has 0 spiro atoms. The Labute approximate surface area is 129 Å². The van der Waals surface area contributed by atoms with Crippen molar-refractivity contribution in [2.45, 2.75) is 44.9 Å². The number of nitrogens with zero attached hydrogens (tertiary/aromatic N) is 4. The van der Waals surface area contributed by atoms with E-state index in [4.69, 9.17) is 4.52 Å². The lowest BCUT2D eigenvalue weighted by molar-refractivity contribution is -0.132. The number of nitrogens with one attached hydrogen (secondary N) is 1. The van der Waals surface area contributed by atoms with E-state index in [-0.39, 0.29) is 5.91 Å². The van der Waals surface area contributed by atoms with Gasteiger partial charge in [0.05, 0.1) is 0 Å². The fourth-order valence-electron chi connectivity index (χ4n) is 2.86. The van der Waals surface area contributed by atoms with Gasteiger partial charge in [0.1, 0.15) is 0 Å². The van der Waals surface area contributed by atoms with Gasteiger partial charge in [0.15, 0.2) is 5.82 Å². The van der Waals surface area contributed by atoms with Gasteiger partial charge in [-0.3, -0.25) is 9.89 Å². The second kappa shape index (κ2) is 6.72. The van der Waals surface area contributed by atoms with Crippen molar-refractivity contribution in [3.05, 3.63) is 29.7 Å². The number of hydrogen-bond acceptors (Lipinski definition) is 5. The van der Waals surface area contributed by atoms with Crippen molar-refractivity contribution in [3.63, 3.8) is 0 Å². The van der Waals surface area contributed by atoms with Crippen LogP contribution in [0.4, 0.5) is 0 Å². The number of aromatic amines is 1. The molecule has 118 valence electrons. The molecule has 1 atom stereocenters. The molecular weight excluding hydrogens is 282 g/mol. The highest BCUT2D eigenvalue weighted by molar-refractivity contribution is 5.76. The van der Waals surface area contributed by atoms with Gasteiger partial charge in [0, 0.05) is 50.2 Å². The van der Waals surface area contributed by atoms with Crippen LogP contribution in [0.25, 0.3) is 0 Å². The topological polar surface area (TPSA) is 87.9 Å². The number of aryl methyl sites for hydroxylation is 2. The Bertz CT molecular complexity index is 607. The second-order valence-corrected chi connectivity index (χ2v) is 5.65. The van der Waals surface area contributed by atoms with Gasteiger partial charge in [-0.15, -0.1) is 0 Å². The first kappa shape index (κ1) is 14.7. The fourth-order valence-corrected chi connectivity index (χ4v) is 2.86. The van der Waals surface area contributed by atoms with Crippen LogP contribution in [0.3, 0.4) is 0 Å². The summed E-state index contributed by atoms with van der Waals surface area (Å²) in [4.78, 5) is 18.5. The first-order valence-corrected chi connectivity index (χ1v) is 7.84. The molecule has 7 heteroatoms. The Hall–Kier alpha value is -2.18. The summed E-state index contributed by atoms with van der Waals surface area (Å²) in [6.45, 7) is 3.56. The Kier molecular flexibility index (Phi) is 4.50. The smallest absolute Gasteiger partial charge is 0.227 e. The number of hydrogen-bond donors (Lipinski definition) is 1. The van der Waals surface area contributed by atoms with Crippen LogP contribution in [0.2, 0.25) is 0 Å². The van der Waals surface area contributed by atoms with Crippen LogP contribution in [-0.2, 0) is 17.6 Å². The van der Waals surface area contributed by atoms with Gasteiger partial charge >= 0.3 is 0 Å². The van der Waals surface area contributed by atoms with Gasteiger partial charge in [0.2, 0.25) is 11.8 Å². The molecule has 0 unspecified atom stereocenters. The highest BCUT2D eigenvalue weighted by atomic mass is 16.5. The van der Waals surface area contributed by atoms with Gasteiger partial charge < -0.3 is 9.42 Å². The minimum Gasteiger partial charge on any atom is -0.342 e. The lowest BCUT2D eigenvalue weighted by atomic mass is 9.94. The maximum absolute atomic E-state index is 12.4.